The fraction of sp³-hybridized carbons (Fsp3) is 0.844. The quantitative estimate of drug-likeness (QED) is 0.255. The van der Waals surface area contributed by atoms with E-state index < -0.39 is 0 Å². The van der Waals surface area contributed by atoms with Crippen LogP contribution in [0.4, 0.5) is 0 Å². The molecule has 36 heavy (non-hydrogen) atoms. The second-order valence-corrected chi connectivity index (χ2v) is 16.9. The van der Waals surface area contributed by atoms with Gasteiger partial charge in [0.1, 0.15) is 0 Å². The molecule has 3 fully saturated rings. The van der Waals surface area contributed by atoms with E-state index in [4.69, 9.17) is 0 Å². The van der Waals surface area contributed by atoms with Crippen LogP contribution in [0.15, 0.2) is 24.2 Å². The second-order valence-electron chi connectivity index (χ2n) is 14.2. The number of allylic oxidation sites excluding steroid dienone is 2. The van der Waals surface area contributed by atoms with Gasteiger partial charge in [0.15, 0.2) is 0 Å². The minimum atomic E-state index is 0.477. The molecule has 2 nitrogen and oxygen atoms in total. The van der Waals surface area contributed by atoms with Crippen molar-refractivity contribution in [3.8, 4) is 0 Å². The Morgan fingerprint density at radius 2 is 1.86 bits per heavy atom. The van der Waals surface area contributed by atoms with E-state index in [0.29, 0.717) is 10.8 Å². The van der Waals surface area contributed by atoms with Gasteiger partial charge in [-0.25, -0.2) is 4.98 Å². The molecule has 4 heteroatoms. The Morgan fingerprint density at radius 1 is 1.03 bits per heavy atom. The van der Waals surface area contributed by atoms with Crippen molar-refractivity contribution in [2.75, 3.05) is 0 Å². The van der Waals surface area contributed by atoms with Crippen molar-refractivity contribution in [3.63, 3.8) is 0 Å². The van der Waals surface area contributed by atoms with E-state index in [9.17, 15) is 0 Å². The van der Waals surface area contributed by atoms with Crippen LogP contribution >= 0.6 is 21.6 Å². The molecule has 5 rings (SSSR count). The van der Waals surface area contributed by atoms with Crippen LogP contribution in [0.5, 0.6) is 0 Å². The van der Waals surface area contributed by atoms with Crippen LogP contribution < -0.4 is 0 Å². The number of hydrogen-bond acceptors (Lipinski definition) is 3. The standard InChI is InChI=1S/C32H52N2S2/c1-21(2)15-22(3)16-23(4)28-9-10-29-27-8-7-24-17-26(36-35-19-25-18-33-20-34-25)11-13-31(24,5)30(27)12-14-32(28,29)6/h7,18,20-23,26-30H,8-17,19H2,1-6H3,(H,33,34)/t22-,23?,26?,27?,28?,29?,30?,31?,32?/m0/s1. The van der Waals surface area contributed by atoms with Crippen molar-refractivity contribution in [1.29, 1.82) is 0 Å². The molecule has 3 saturated carbocycles. The van der Waals surface area contributed by atoms with Gasteiger partial charge >= 0.3 is 0 Å². The van der Waals surface area contributed by atoms with Gasteiger partial charge < -0.3 is 4.98 Å². The molecule has 0 saturated heterocycles. The van der Waals surface area contributed by atoms with Crippen LogP contribution in [-0.4, -0.2) is 15.2 Å². The Labute approximate surface area is 229 Å². The lowest BCUT2D eigenvalue weighted by molar-refractivity contribution is -0.0506. The zero-order valence-electron chi connectivity index (χ0n) is 23.9. The molecule has 0 aromatic carbocycles. The van der Waals surface area contributed by atoms with Crippen molar-refractivity contribution in [2.45, 2.75) is 117 Å². The third-order valence-corrected chi connectivity index (χ3v) is 14.3. The van der Waals surface area contributed by atoms with Gasteiger partial charge in [-0.2, -0.15) is 0 Å². The van der Waals surface area contributed by atoms with Gasteiger partial charge in [0.2, 0.25) is 0 Å². The van der Waals surface area contributed by atoms with Crippen LogP contribution in [0.25, 0.3) is 0 Å². The maximum Gasteiger partial charge on any atom is 0.0921 e. The summed E-state index contributed by atoms with van der Waals surface area (Å²) in [4.78, 5) is 7.41. The summed E-state index contributed by atoms with van der Waals surface area (Å²) in [6.07, 6.45) is 20.9. The molecule has 0 amide bonds. The number of rotatable bonds is 9. The summed E-state index contributed by atoms with van der Waals surface area (Å²) in [6.45, 7) is 15.3. The lowest BCUT2D eigenvalue weighted by Crippen LogP contribution is -2.50. The Kier molecular flexibility index (Phi) is 8.34. The molecular formula is C32H52N2S2. The van der Waals surface area contributed by atoms with Crippen molar-refractivity contribution in [1.82, 2.24) is 9.97 Å². The lowest BCUT2D eigenvalue weighted by atomic mass is 9.47. The minimum absolute atomic E-state index is 0.477. The number of H-pyrrole nitrogens is 1. The van der Waals surface area contributed by atoms with E-state index in [1.54, 1.807) is 6.33 Å². The van der Waals surface area contributed by atoms with E-state index in [-0.39, 0.29) is 0 Å². The zero-order chi connectivity index (χ0) is 25.5. The number of hydrogen-bond donors (Lipinski definition) is 1. The van der Waals surface area contributed by atoms with Crippen molar-refractivity contribution < 1.29 is 0 Å². The van der Waals surface area contributed by atoms with E-state index >= 15 is 0 Å². The average Bonchev–Trinajstić information content (AvgIpc) is 3.46. The molecule has 1 aromatic rings. The summed E-state index contributed by atoms with van der Waals surface area (Å²) in [5.74, 6) is 7.45. The SMILES string of the molecule is CC(C)C[C@H](C)CC(C)C1CCC2C3CC=C4CC(SSCc5cnc[nH]5)CCC4(C)C3CCC12C. The van der Waals surface area contributed by atoms with Crippen molar-refractivity contribution in [3.05, 3.63) is 29.9 Å². The van der Waals surface area contributed by atoms with E-state index in [1.807, 2.05) is 22.6 Å². The third-order valence-electron chi connectivity index (χ3n) is 11.4. The lowest BCUT2D eigenvalue weighted by Gasteiger charge is -2.58. The molecule has 0 spiro atoms. The Bertz CT molecular complexity index is 894. The number of nitrogens with one attached hydrogen (secondary N) is 1. The van der Waals surface area contributed by atoms with Crippen molar-refractivity contribution >= 4 is 21.6 Å². The van der Waals surface area contributed by atoms with Gasteiger partial charge in [-0.15, -0.1) is 0 Å². The number of aromatic nitrogens is 2. The van der Waals surface area contributed by atoms with Gasteiger partial charge in [-0.05, 0) is 116 Å². The first kappa shape index (κ1) is 27.2. The number of nitrogens with zero attached hydrogens (tertiary/aromatic N) is 1. The fourth-order valence-corrected chi connectivity index (χ4v) is 12.6. The number of fused-ring (bicyclic) bond motifs is 5. The van der Waals surface area contributed by atoms with Crippen LogP contribution in [0, 0.1) is 52.3 Å². The van der Waals surface area contributed by atoms with Gasteiger partial charge in [0.25, 0.3) is 0 Å². The molecule has 9 atom stereocenters. The largest absolute Gasteiger partial charge is 0.348 e. The highest BCUT2D eigenvalue weighted by atomic mass is 33.1. The Morgan fingerprint density at radius 3 is 2.61 bits per heavy atom. The molecule has 8 unspecified atom stereocenters. The van der Waals surface area contributed by atoms with Crippen LogP contribution in [0.3, 0.4) is 0 Å². The molecule has 1 heterocycles. The Hall–Kier alpha value is -0.350. The summed E-state index contributed by atoms with van der Waals surface area (Å²) in [6, 6.07) is 0. The first-order valence-corrected chi connectivity index (χ1v) is 17.5. The van der Waals surface area contributed by atoms with Gasteiger partial charge in [-0.3, -0.25) is 0 Å². The molecular weight excluding hydrogens is 477 g/mol. The van der Waals surface area contributed by atoms with E-state index in [2.05, 4.69) is 68.4 Å². The average molecular weight is 529 g/mol. The monoisotopic (exact) mass is 528 g/mol. The summed E-state index contributed by atoms with van der Waals surface area (Å²) in [7, 11) is 4.15. The topological polar surface area (TPSA) is 28.7 Å². The van der Waals surface area contributed by atoms with Gasteiger partial charge in [-0.1, -0.05) is 74.8 Å². The van der Waals surface area contributed by atoms with Gasteiger partial charge in [0, 0.05) is 22.9 Å². The second kappa shape index (κ2) is 11.0. The van der Waals surface area contributed by atoms with E-state index in [0.717, 1.165) is 52.4 Å². The fourth-order valence-electron chi connectivity index (χ4n) is 9.94. The first-order valence-electron chi connectivity index (χ1n) is 15.2. The highest BCUT2D eigenvalue weighted by molar-refractivity contribution is 8.76. The zero-order valence-corrected chi connectivity index (χ0v) is 25.5. The molecule has 1 N–H and O–H groups in total. The smallest absolute Gasteiger partial charge is 0.0921 e. The Balaban J connectivity index is 1.22. The maximum atomic E-state index is 4.17. The molecule has 4 aliphatic rings. The number of aromatic amines is 1. The molecule has 0 bridgehead atoms. The normalized spacial score (nSPS) is 39.8. The van der Waals surface area contributed by atoms with Gasteiger partial charge in [0.05, 0.1) is 6.33 Å². The first-order chi connectivity index (χ1) is 17.2. The van der Waals surface area contributed by atoms with Crippen molar-refractivity contribution in [2.24, 2.45) is 52.3 Å². The van der Waals surface area contributed by atoms with E-state index in [1.165, 1.54) is 69.9 Å². The highest BCUT2D eigenvalue weighted by Crippen LogP contribution is 2.67. The maximum absolute atomic E-state index is 4.17. The molecule has 0 radical (unpaired) electrons. The van der Waals surface area contributed by atoms with Crippen LogP contribution in [-0.2, 0) is 5.75 Å². The molecule has 4 aliphatic carbocycles. The van der Waals surface area contributed by atoms with Crippen LogP contribution in [0.2, 0.25) is 0 Å². The summed E-state index contributed by atoms with van der Waals surface area (Å²) in [5.41, 5.74) is 4.15. The predicted octanol–water partition coefficient (Wildman–Crippen LogP) is 9.95. The molecule has 1 aromatic heterocycles. The summed E-state index contributed by atoms with van der Waals surface area (Å²) < 4.78 is 0. The number of imidazole rings is 1. The molecule has 0 aliphatic heterocycles. The predicted molar refractivity (Wildman–Crippen MR) is 159 cm³/mol. The highest BCUT2D eigenvalue weighted by Gasteiger charge is 2.59. The van der Waals surface area contributed by atoms with Crippen LogP contribution in [0.1, 0.15) is 111 Å². The minimum Gasteiger partial charge on any atom is -0.348 e. The summed E-state index contributed by atoms with van der Waals surface area (Å²) >= 11 is 0. The summed E-state index contributed by atoms with van der Waals surface area (Å²) in [5, 5.41) is 0.784. The third kappa shape index (κ3) is 5.25. The molecule has 202 valence electrons.